The van der Waals surface area contributed by atoms with Crippen LogP contribution in [0, 0.1) is 0 Å². The highest BCUT2D eigenvalue weighted by Crippen LogP contribution is 2.01. The third-order valence-corrected chi connectivity index (χ3v) is 2.21. The molecule has 4 nitrogen and oxygen atoms in total. The van der Waals surface area contributed by atoms with Crippen molar-refractivity contribution in [3.63, 3.8) is 0 Å². The molecule has 17 heavy (non-hydrogen) atoms. The van der Waals surface area contributed by atoms with E-state index in [-0.39, 0.29) is 19.3 Å². The molecule has 92 valence electrons. The number of carbonyl (C=O) groups is 1. The van der Waals surface area contributed by atoms with E-state index < -0.39 is 6.09 Å². The van der Waals surface area contributed by atoms with Gasteiger partial charge in [0.2, 0.25) is 0 Å². The SMILES string of the molecule is C=CC[C@@H](CO)NC(=O)OCc1ccccc1. The maximum Gasteiger partial charge on any atom is 0.407 e. The largest absolute Gasteiger partial charge is 0.445 e. The lowest BCUT2D eigenvalue weighted by atomic mass is 10.2. The number of hydrogen-bond acceptors (Lipinski definition) is 3. The fourth-order valence-electron chi connectivity index (χ4n) is 1.31. The Morgan fingerprint density at radius 2 is 2.18 bits per heavy atom. The molecule has 0 heterocycles. The highest BCUT2D eigenvalue weighted by atomic mass is 16.5. The van der Waals surface area contributed by atoms with Crippen molar-refractivity contribution in [1.29, 1.82) is 0 Å². The van der Waals surface area contributed by atoms with Gasteiger partial charge in [0.05, 0.1) is 12.6 Å². The van der Waals surface area contributed by atoms with Gasteiger partial charge in [0, 0.05) is 0 Å². The van der Waals surface area contributed by atoms with Crippen LogP contribution in [0.2, 0.25) is 0 Å². The molecule has 0 fully saturated rings. The van der Waals surface area contributed by atoms with E-state index in [4.69, 9.17) is 9.84 Å². The minimum Gasteiger partial charge on any atom is -0.445 e. The molecule has 1 atom stereocenters. The van der Waals surface area contributed by atoms with Crippen LogP contribution in [0.5, 0.6) is 0 Å². The lowest BCUT2D eigenvalue weighted by Gasteiger charge is -2.14. The number of aliphatic hydroxyl groups excluding tert-OH is 1. The Labute approximate surface area is 101 Å². The quantitative estimate of drug-likeness (QED) is 0.740. The highest BCUT2D eigenvalue weighted by Gasteiger charge is 2.10. The van der Waals surface area contributed by atoms with Gasteiger partial charge in [-0.05, 0) is 12.0 Å². The molecule has 0 bridgehead atoms. The van der Waals surface area contributed by atoms with Crippen LogP contribution < -0.4 is 5.32 Å². The average Bonchev–Trinajstić information content (AvgIpc) is 2.37. The second-order valence-electron chi connectivity index (χ2n) is 3.61. The Balaban J connectivity index is 2.32. The van der Waals surface area contributed by atoms with Crippen molar-refractivity contribution in [3.05, 3.63) is 48.6 Å². The van der Waals surface area contributed by atoms with E-state index in [9.17, 15) is 4.79 Å². The molecule has 2 N–H and O–H groups in total. The van der Waals surface area contributed by atoms with Gasteiger partial charge in [-0.1, -0.05) is 36.4 Å². The van der Waals surface area contributed by atoms with Gasteiger partial charge in [-0.3, -0.25) is 0 Å². The number of ether oxygens (including phenoxy) is 1. The van der Waals surface area contributed by atoms with E-state index in [0.717, 1.165) is 5.56 Å². The Morgan fingerprint density at radius 3 is 2.76 bits per heavy atom. The van der Waals surface area contributed by atoms with Crippen molar-refractivity contribution in [1.82, 2.24) is 5.32 Å². The molecule has 0 aromatic heterocycles. The zero-order valence-corrected chi connectivity index (χ0v) is 9.63. The summed E-state index contributed by atoms with van der Waals surface area (Å²) in [5, 5.41) is 11.5. The number of hydrogen-bond donors (Lipinski definition) is 2. The minimum atomic E-state index is -0.533. The summed E-state index contributed by atoms with van der Waals surface area (Å²) in [5.41, 5.74) is 0.923. The molecular weight excluding hydrogens is 218 g/mol. The van der Waals surface area contributed by atoms with E-state index in [1.165, 1.54) is 0 Å². The topological polar surface area (TPSA) is 58.6 Å². The van der Waals surface area contributed by atoms with Gasteiger partial charge in [0.1, 0.15) is 6.61 Å². The number of rotatable bonds is 6. The number of benzene rings is 1. The summed E-state index contributed by atoms with van der Waals surface area (Å²) in [6.45, 7) is 3.63. The van der Waals surface area contributed by atoms with Crippen molar-refractivity contribution in [2.24, 2.45) is 0 Å². The number of amides is 1. The van der Waals surface area contributed by atoms with Crippen molar-refractivity contribution in [3.8, 4) is 0 Å². The van der Waals surface area contributed by atoms with Crippen molar-refractivity contribution in [2.75, 3.05) is 6.61 Å². The van der Waals surface area contributed by atoms with Crippen LogP contribution in [0.4, 0.5) is 4.79 Å². The summed E-state index contributed by atoms with van der Waals surface area (Å²) in [7, 11) is 0. The van der Waals surface area contributed by atoms with E-state index in [0.29, 0.717) is 6.42 Å². The van der Waals surface area contributed by atoms with Gasteiger partial charge in [-0.15, -0.1) is 6.58 Å². The van der Waals surface area contributed by atoms with Crippen LogP contribution in [-0.4, -0.2) is 23.8 Å². The summed E-state index contributed by atoms with van der Waals surface area (Å²) >= 11 is 0. The average molecular weight is 235 g/mol. The molecule has 1 rings (SSSR count). The Hall–Kier alpha value is -1.81. The van der Waals surface area contributed by atoms with Crippen LogP contribution in [-0.2, 0) is 11.3 Å². The van der Waals surface area contributed by atoms with Crippen molar-refractivity contribution < 1.29 is 14.6 Å². The molecule has 1 aromatic rings. The van der Waals surface area contributed by atoms with Crippen LogP contribution in [0.3, 0.4) is 0 Å². The zero-order chi connectivity index (χ0) is 12.5. The predicted octanol–water partition coefficient (Wildman–Crippen LogP) is 1.85. The molecule has 0 aliphatic carbocycles. The first kappa shape index (κ1) is 13.3. The molecular formula is C13H17NO3. The zero-order valence-electron chi connectivity index (χ0n) is 9.63. The fraction of sp³-hybridized carbons (Fsp3) is 0.308. The third kappa shape index (κ3) is 5.17. The van der Waals surface area contributed by atoms with Crippen molar-refractivity contribution >= 4 is 6.09 Å². The standard InChI is InChI=1S/C13H17NO3/c1-2-6-12(9-15)14-13(16)17-10-11-7-4-3-5-8-11/h2-5,7-8,12,15H,1,6,9-10H2,(H,14,16)/t12-/m0/s1. The molecule has 1 aromatic carbocycles. The monoisotopic (exact) mass is 235 g/mol. The van der Waals surface area contributed by atoms with Gasteiger partial charge in [0.25, 0.3) is 0 Å². The van der Waals surface area contributed by atoms with E-state index in [1.54, 1.807) is 6.08 Å². The molecule has 1 amide bonds. The summed E-state index contributed by atoms with van der Waals surface area (Å²) < 4.78 is 5.01. The third-order valence-electron chi connectivity index (χ3n) is 2.21. The second kappa shape index (κ2) is 7.46. The smallest absolute Gasteiger partial charge is 0.407 e. The number of alkyl carbamates (subject to hydrolysis) is 1. The lowest BCUT2D eigenvalue weighted by molar-refractivity contribution is 0.129. The normalized spacial score (nSPS) is 11.6. The van der Waals surface area contributed by atoms with E-state index >= 15 is 0 Å². The first-order valence-corrected chi connectivity index (χ1v) is 5.45. The maximum atomic E-state index is 11.4. The molecule has 0 spiro atoms. The Bertz CT molecular complexity index is 351. The van der Waals surface area contributed by atoms with Gasteiger partial charge < -0.3 is 15.2 Å². The molecule has 0 unspecified atom stereocenters. The molecule has 0 saturated heterocycles. The molecule has 0 aliphatic heterocycles. The van der Waals surface area contributed by atoms with E-state index in [1.807, 2.05) is 30.3 Å². The van der Waals surface area contributed by atoms with Crippen LogP contribution in [0.25, 0.3) is 0 Å². The highest BCUT2D eigenvalue weighted by molar-refractivity contribution is 5.67. The molecule has 4 heteroatoms. The summed E-state index contributed by atoms with van der Waals surface area (Å²) in [5.74, 6) is 0. The fourth-order valence-corrected chi connectivity index (χ4v) is 1.31. The minimum absolute atomic E-state index is 0.132. The van der Waals surface area contributed by atoms with Gasteiger partial charge in [0.15, 0.2) is 0 Å². The molecule has 0 radical (unpaired) electrons. The molecule has 0 saturated carbocycles. The van der Waals surface area contributed by atoms with Crippen LogP contribution in [0.15, 0.2) is 43.0 Å². The summed E-state index contributed by atoms with van der Waals surface area (Å²) in [4.78, 5) is 11.4. The van der Waals surface area contributed by atoms with Gasteiger partial charge >= 0.3 is 6.09 Å². The molecule has 0 aliphatic rings. The van der Waals surface area contributed by atoms with E-state index in [2.05, 4.69) is 11.9 Å². The van der Waals surface area contributed by atoms with Gasteiger partial charge in [-0.25, -0.2) is 4.79 Å². The number of aliphatic hydroxyl groups is 1. The summed E-state index contributed by atoms with van der Waals surface area (Å²) in [6.07, 6.45) is 1.62. The number of nitrogens with one attached hydrogen (secondary N) is 1. The first-order chi connectivity index (χ1) is 8.26. The van der Waals surface area contributed by atoms with Crippen LogP contribution >= 0.6 is 0 Å². The van der Waals surface area contributed by atoms with Crippen LogP contribution in [0.1, 0.15) is 12.0 Å². The second-order valence-corrected chi connectivity index (χ2v) is 3.61. The lowest BCUT2D eigenvalue weighted by Crippen LogP contribution is -2.37. The predicted molar refractivity (Wildman–Crippen MR) is 65.5 cm³/mol. The first-order valence-electron chi connectivity index (χ1n) is 5.45. The van der Waals surface area contributed by atoms with Gasteiger partial charge in [-0.2, -0.15) is 0 Å². The van der Waals surface area contributed by atoms with Crippen molar-refractivity contribution in [2.45, 2.75) is 19.1 Å². The summed E-state index contributed by atoms with van der Waals surface area (Å²) in [6, 6.07) is 9.07. The number of carbonyl (C=O) groups excluding carboxylic acids is 1. The Kier molecular flexibility index (Phi) is 5.82. The maximum absolute atomic E-state index is 11.4. The Morgan fingerprint density at radius 1 is 1.47 bits per heavy atom.